The average molecular weight is 375 g/mol. The van der Waals surface area contributed by atoms with Crippen molar-refractivity contribution in [2.45, 2.75) is 5.22 Å². The fraction of sp³-hybridized carbons (Fsp3) is 0.235. The fourth-order valence-electron chi connectivity index (χ4n) is 2.30. The molecule has 0 saturated carbocycles. The minimum Gasteiger partial charge on any atom is -0.493 e. The van der Waals surface area contributed by atoms with E-state index < -0.39 is 0 Å². The topological polar surface area (TPSA) is 99.5 Å². The number of ether oxygens (including phenoxy) is 3. The summed E-state index contributed by atoms with van der Waals surface area (Å²) in [6, 6.07) is 6.92. The van der Waals surface area contributed by atoms with Gasteiger partial charge in [-0.2, -0.15) is 0 Å². The highest BCUT2D eigenvalue weighted by Crippen LogP contribution is 2.41. The van der Waals surface area contributed by atoms with Gasteiger partial charge in [0.1, 0.15) is 0 Å². The van der Waals surface area contributed by atoms with Crippen molar-refractivity contribution < 1.29 is 23.4 Å². The van der Waals surface area contributed by atoms with E-state index >= 15 is 0 Å². The second kappa shape index (κ2) is 7.96. The molecule has 2 aromatic heterocycles. The zero-order valence-electron chi connectivity index (χ0n) is 14.4. The van der Waals surface area contributed by atoms with E-state index in [4.69, 9.17) is 18.6 Å². The zero-order valence-corrected chi connectivity index (χ0v) is 15.3. The lowest BCUT2D eigenvalue weighted by molar-refractivity contribution is 0.101. The molecule has 0 aliphatic heterocycles. The molecule has 2 heterocycles. The van der Waals surface area contributed by atoms with Crippen molar-refractivity contribution in [3.05, 3.63) is 36.2 Å². The van der Waals surface area contributed by atoms with Crippen LogP contribution in [0.15, 0.2) is 40.1 Å². The van der Waals surface area contributed by atoms with Gasteiger partial charge in [-0.25, -0.2) is 0 Å². The largest absolute Gasteiger partial charge is 0.493 e. The Morgan fingerprint density at radius 3 is 2.46 bits per heavy atom. The molecule has 0 amide bonds. The quantitative estimate of drug-likeness (QED) is 0.474. The molecule has 9 heteroatoms. The third-order valence-electron chi connectivity index (χ3n) is 3.54. The first-order valence-electron chi connectivity index (χ1n) is 7.59. The van der Waals surface area contributed by atoms with E-state index in [2.05, 4.69) is 15.2 Å². The summed E-state index contributed by atoms with van der Waals surface area (Å²) >= 11 is 1.17. The van der Waals surface area contributed by atoms with E-state index in [0.717, 1.165) is 0 Å². The summed E-state index contributed by atoms with van der Waals surface area (Å²) in [5, 5.41) is 8.30. The molecular weight excluding hydrogens is 358 g/mol. The minimum atomic E-state index is -0.0486. The van der Waals surface area contributed by atoms with Crippen molar-refractivity contribution in [3.8, 4) is 28.7 Å². The Morgan fingerprint density at radius 1 is 1.15 bits per heavy atom. The molecule has 26 heavy (non-hydrogen) atoms. The maximum absolute atomic E-state index is 12.0. The molecule has 0 bridgehead atoms. The molecule has 0 fully saturated rings. The van der Waals surface area contributed by atoms with Crippen LogP contribution in [0.4, 0.5) is 0 Å². The standard InChI is InChI=1S/C17H17N3O5S/c1-22-13-7-10(8-14(23-2)15(13)24-3)16-19-20-17(25-16)26-9-12(21)11-5-4-6-18-11/h4-8,18H,9H2,1-3H3. The van der Waals surface area contributed by atoms with Gasteiger partial charge in [0, 0.05) is 11.8 Å². The second-order valence-corrected chi connectivity index (χ2v) is 6.01. The number of thioether (sulfide) groups is 1. The van der Waals surface area contributed by atoms with Crippen LogP contribution < -0.4 is 14.2 Å². The third kappa shape index (κ3) is 3.67. The van der Waals surface area contributed by atoms with Gasteiger partial charge in [-0.3, -0.25) is 4.79 Å². The van der Waals surface area contributed by atoms with Crippen molar-refractivity contribution in [2.75, 3.05) is 27.1 Å². The lowest BCUT2D eigenvalue weighted by atomic mass is 10.2. The molecule has 0 spiro atoms. The number of aromatic amines is 1. The van der Waals surface area contributed by atoms with E-state index in [9.17, 15) is 4.79 Å². The summed E-state index contributed by atoms with van der Waals surface area (Å²) in [4.78, 5) is 14.9. The van der Waals surface area contributed by atoms with Gasteiger partial charge in [0.05, 0.1) is 32.8 Å². The highest BCUT2D eigenvalue weighted by Gasteiger charge is 2.18. The minimum absolute atomic E-state index is 0.0486. The van der Waals surface area contributed by atoms with E-state index in [-0.39, 0.29) is 11.5 Å². The summed E-state index contributed by atoms with van der Waals surface area (Å²) in [5.74, 6) is 1.88. The van der Waals surface area contributed by atoms with E-state index in [1.807, 2.05) is 0 Å². The first kappa shape index (κ1) is 17.9. The normalized spacial score (nSPS) is 10.6. The van der Waals surface area contributed by atoms with Crippen LogP contribution in [0.1, 0.15) is 10.5 Å². The van der Waals surface area contributed by atoms with Gasteiger partial charge < -0.3 is 23.6 Å². The van der Waals surface area contributed by atoms with Gasteiger partial charge in [0.2, 0.25) is 11.6 Å². The molecule has 8 nitrogen and oxygen atoms in total. The van der Waals surface area contributed by atoms with Gasteiger partial charge in [-0.15, -0.1) is 10.2 Å². The predicted molar refractivity (Wildman–Crippen MR) is 95.2 cm³/mol. The summed E-state index contributed by atoms with van der Waals surface area (Å²) in [7, 11) is 4.59. The Labute approximate surface area is 153 Å². The fourth-order valence-corrected chi connectivity index (χ4v) is 2.94. The number of Topliss-reactive ketones (excluding diaryl/α,β-unsaturated/α-hetero) is 1. The Balaban J connectivity index is 1.78. The van der Waals surface area contributed by atoms with Gasteiger partial charge in [-0.1, -0.05) is 11.8 Å². The molecule has 3 rings (SSSR count). The summed E-state index contributed by atoms with van der Waals surface area (Å²) in [5.41, 5.74) is 1.16. The molecule has 0 radical (unpaired) electrons. The van der Waals surface area contributed by atoms with Gasteiger partial charge >= 0.3 is 0 Å². The van der Waals surface area contributed by atoms with Gasteiger partial charge in [0.15, 0.2) is 17.3 Å². The Bertz CT molecular complexity index is 867. The first-order chi connectivity index (χ1) is 12.7. The number of hydrogen-bond acceptors (Lipinski definition) is 8. The Morgan fingerprint density at radius 2 is 1.88 bits per heavy atom. The van der Waals surface area contributed by atoms with Crippen molar-refractivity contribution in [3.63, 3.8) is 0 Å². The smallest absolute Gasteiger partial charge is 0.277 e. The molecule has 3 aromatic rings. The second-order valence-electron chi connectivity index (χ2n) is 5.08. The van der Waals surface area contributed by atoms with Crippen LogP contribution in [0, 0.1) is 0 Å². The Kier molecular flexibility index (Phi) is 5.47. The maximum atomic E-state index is 12.0. The molecule has 0 aliphatic carbocycles. The number of methoxy groups -OCH3 is 3. The molecule has 1 aromatic carbocycles. The van der Waals surface area contributed by atoms with Crippen LogP contribution in [-0.4, -0.2) is 48.0 Å². The lowest BCUT2D eigenvalue weighted by Crippen LogP contribution is -2.02. The van der Waals surface area contributed by atoms with Crippen LogP contribution in [0.25, 0.3) is 11.5 Å². The summed E-state index contributed by atoms with van der Waals surface area (Å²) in [6.45, 7) is 0. The van der Waals surface area contributed by atoms with Crippen LogP contribution in [0.5, 0.6) is 17.2 Å². The monoisotopic (exact) mass is 375 g/mol. The summed E-state index contributed by atoms with van der Waals surface area (Å²) < 4.78 is 21.6. The highest BCUT2D eigenvalue weighted by atomic mass is 32.2. The van der Waals surface area contributed by atoms with E-state index in [1.165, 1.54) is 33.1 Å². The molecule has 0 atom stereocenters. The number of nitrogens with zero attached hydrogens (tertiary/aromatic N) is 2. The van der Waals surface area contributed by atoms with Gasteiger partial charge in [-0.05, 0) is 24.3 Å². The number of carbonyl (C=O) groups is 1. The zero-order chi connectivity index (χ0) is 18.5. The molecule has 0 saturated heterocycles. The Hall–Kier alpha value is -2.94. The van der Waals surface area contributed by atoms with Crippen LogP contribution in [0.3, 0.4) is 0 Å². The van der Waals surface area contributed by atoms with Crippen molar-refractivity contribution in [2.24, 2.45) is 0 Å². The van der Waals surface area contributed by atoms with Crippen LogP contribution in [0.2, 0.25) is 0 Å². The molecule has 136 valence electrons. The van der Waals surface area contributed by atoms with Crippen LogP contribution >= 0.6 is 11.8 Å². The van der Waals surface area contributed by atoms with Gasteiger partial charge in [0.25, 0.3) is 5.22 Å². The summed E-state index contributed by atoms with van der Waals surface area (Å²) in [6.07, 6.45) is 1.70. The number of ketones is 1. The predicted octanol–water partition coefficient (Wildman–Crippen LogP) is 3.07. The van der Waals surface area contributed by atoms with E-state index in [0.29, 0.717) is 39.6 Å². The SMILES string of the molecule is COc1cc(-c2nnc(SCC(=O)c3ccc[nH]3)o2)cc(OC)c1OC. The van der Waals surface area contributed by atoms with E-state index in [1.54, 1.807) is 30.5 Å². The number of nitrogens with one attached hydrogen (secondary N) is 1. The molecule has 0 aliphatic rings. The van der Waals surface area contributed by atoms with Crippen molar-refractivity contribution >= 4 is 17.5 Å². The number of carbonyl (C=O) groups excluding carboxylic acids is 1. The highest BCUT2D eigenvalue weighted by molar-refractivity contribution is 7.99. The third-order valence-corrected chi connectivity index (χ3v) is 4.36. The molecular formula is C17H17N3O5S. The molecule has 1 N–H and O–H groups in total. The number of H-pyrrole nitrogens is 1. The number of hydrogen-bond donors (Lipinski definition) is 1. The van der Waals surface area contributed by atoms with Crippen molar-refractivity contribution in [1.82, 2.24) is 15.2 Å². The average Bonchev–Trinajstić information content (AvgIpc) is 3.36. The maximum Gasteiger partial charge on any atom is 0.277 e. The number of benzene rings is 1. The number of rotatable bonds is 8. The van der Waals surface area contributed by atoms with Crippen molar-refractivity contribution in [1.29, 1.82) is 0 Å². The lowest BCUT2D eigenvalue weighted by Gasteiger charge is -2.12. The van der Waals surface area contributed by atoms with Crippen LogP contribution in [-0.2, 0) is 0 Å². The first-order valence-corrected chi connectivity index (χ1v) is 8.58. The number of aromatic nitrogens is 3. The molecule has 0 unspecified atom stereocenters.